The van der Waals surface area contributed by atoms with E-state index in [1.54, 1.807) is 6.07 Å². The van der Waals surface area contributed by atoms with Gasteiger partial charge in [0.05, 0.1) is 29.2 Å². The Balaban J connectivity index is 0.972. The number of ether oxygens (including phenoxy) is 1. The Bertz CT molecular complexity index is 1610. The van der Waals surface area contributed by atoms with E-state index in [2.05, 4.69) is 41.3 Å². The fourth-order valence-electron chi connectivity index (χ4n) is 8.44. The lowest BCUT2D eigenvalue weighted by Gasteiger charge is -2.47. The molecule has 7 unspecified atom stereocenters. The third kappa shape index (κ3) is 3.01. The van der Waals surface area contributed by atoms with Crippen LogP contribution in [0.3, 0.4) is 0 Å². The minimum absolute atomic E-state index is 0.0374. The molecule has 0 amide bonds. The summed E-state index contributed by atoms with van der Waals surface area (Å²) in [6, 6.07) is 21.9. The van der Waals surface area contributed by atoms with Crippen LogP contribution in [0.5, 0.6) is 11.5 Å². The van der Waals surface area contributed by atoms with Crippen molar-refractivity contribution < 1.29 is 33.1 Å². The zero-order valence-electron chi connectivity index (χ0n) is 22.1. The molecule has 5 aliphatic rings. The van der Waals surface area contributed by atoms with Crippen molar-refractivity contribution in [2.75, 3.05) is 13.7 Å². The van der Waals surface area contributed by atoms with Gasteiger partial charge in [-0.2, -0.15) is 0 Å². The maximum absolute atomic E-state index is 13.0. The molecule has 0 radical (unpaired) electrons. The highest BCUT2D eigenvalue weighted by Gasteiger charge is 2.91. The van der Waals surface area contributed by atoms with Gasteiger partial charge in [0.2, 0.25) is 0 Å². The highest BCUT2D eigenvalue weighted by Crippen LogP contribution is 2.81. The normalized spacial score (nSPS) is 35.1. The monoisotopic (exact) mass is 559 g/mol. The summed E-state index contributed by atoms with van der Waals surface area (Å²) in [7, 11) is -2.46. The van der Waals surface area contributed by atoms with E-state index in [0.29, 0.717) is 31.4 Å². The zero-order chi connectivity index (χ0) is 27.5. The van der Waals surface area contributed by atoms with E-state index in [1.165, 1.54) is 0 Å². The number of aryl methyl sites for hydroxylation is 1. The molecule has 7 atom stereocenters. The van der Waals surface area contributed by atoms with E-state index in [0.717, 1.165) is 27.8 Å². The van der Waals surface area contributed by atoms with E-state index in [9.17, 15) is 19.4 Å². The smallest absolute Gasteiger partial charge is 0.477 e. The molecule has 0 aromatic heterocycles. The summed E-state index contributed by atoms with van der Waals surface area (Å²) >= 11 is 0. The Labute approximate surface area is 232 Å². The third-order valence-electron chi connectivity index (χ3n) is 10.1. The van der Waals surface area contributed by atoms with Crippen LogP contribution in [0.1, 0.15) is 42.4 Å². The summed E-state index contributed by atoms with van der Waals surface area (Å²) < 4.78 is 30.0. The Morgan fingerprint density at radius 2 is 1.82 bits per heavy atom. The lowest BCUT2D eigenvalue weighted by Crippen LogP contribution is -2.64. The van der Waals surface area contributed by atoms with Gasteiger partial charge in [-0.25, -0.2) is 4.57 Å². The molecule has 40 heavy (non-hydrogen) atoms. The van der Waals surface area contributed by atoms with E-state index in [-0.39, 0.29) is 36.1 Å². The number of nitrogens with zero attached hydrogens (tertiary/aromatic N) is 1. The van der Waals surface area contributed by atoms with Gasteiger partial charge in [-0.15, -0.1) is 0 Å². The van der Waals surface area contributed by atoms with Crippen LogP contribution < -0.4 is 9.26 Å². The molecule has 8 nitrogen and oxygen atoms in total. The number of piperidine rings is 1. The van der Waals surface area contributed by atoms with Crippen LogP contribution in [0.15, 0.2) is 66.7 Å². The molecule has 1 saturated heterocycles. The molecule has 9 heteroatoms. The topological polar surface area (TPSA) is 105 Å². The molecule has 2 saturated carbocycles. The first kappa shape index (κ1) is 24.8. The number of hydrogen-bond donors (Lipinski definition) is 2. The van der Waals surface area contributed by atoms with Gasteiger partial charge in [-0.1, -0.05) is 60.7 Å². The van der Waals surface area contributed by atoms with Gasteiger partial charge in [0.15, 0.2) is 23.4 Å². The minimum atomic E-state index is -4.47. The van der Waals surface area contributed by atoms with Crippen molar-refractivity contribution in [3.05, 3.63) is 83.4 Å². The summed E-state index contributed by atoms with van der Waals surface area (Å²) in [5, 5.41) is 11.9. The lowest BCUT2D eigenvalue weighted by atomic mass is 9.59. The highest BCUT2D eigenvalue weighted by atomic mass is 31.2. The van der Waals surface area contributed by atoms with Crippen molar-refractivity contribution in [3.63, 3.8) is 0 Å². The second-order valence-electron chi connectivity index (χ2n) is 11.8. The van der Waals surface area contributed by atoms with Crippen molar-refractivity contribution in [1.82, 2.24) is 4.90 Å². The fraction of sp³-hybridized carbons (Fsp3) is 0.387. The first-order chi connectivity index (χ1) is 19.2. The van der Waals surface area contributed by atoms with Gasteiger partial charge in [0, 0.05) is 12.0 Å². The number of rotatable bonds is 8. The number of ketones is 1. The number of likely N-dealkylation sites (N-methyl/N-ethyl adjacent to an activating group) is 1. The molecule has 3 fully saturated rings. The van der Waals surface area contributed by atoms with Crippen LogP contribution in [0.4, 0.5) is 0 Å². The molecule has 2 spiro atoms. The molecule has 2 bridgehead atoms. The number of carbonyl (C=O) groups excluding carboxylic acids is 1. The average molecular weight is 560 g/mol. The second-order valence-corrected chi connectivity index (χ2v) is 13.2. The summed E-state index contributed by atoms with van der Waals surface area (Å²) in [5.74, 6) is 0.325. The van der Waals surface area contributed by atoms with Crippen LogP contribution >= 0.6 is 7.82 Å². The summed E-state index contributed by atoms with van der Waals surface area (Å²) in [6.45, 7) is 0.0374. The van der Waals surface area contributed by atoms with Gasteiger partial charge in [0.1, 0.15) is 0 Å². The van der Waals surface area contributed by atoms with E-state index < -0.39 is 24.9 Å². The quantitative estimate of drug-likeness (QED) is 0.236. The predicted octanol–water partition coefficient (Wildman–Crippen LogP) is 4.50. The number of benzene rings is 3. The van der Waals surface area contributed by atoms with Crippen LogP contribution in [0.25, 0.3) is 11.1 Å². The number of Topliss-reactive ketones (excluding diaryl/α,β-unsaturated/α-hetero) is 1. The predicted molar refractivity (Wildman–Crippen MR) is 146 cm³/mol. The molecule has 3 aliphatic carbocycles. The minimum Gasteiger partial charge on any atom is -0.477 e. The molecular formula is C31H30NO7P. The van der Waals surface area contributed by atoms with Crippen LogP contribution in [-0.4, -0.2) is 52.1 Å². The molecule has 206 valence electrons. The molecule has 2 N–H and O–H groups in total. The van der Waals surface area contributed by atoms with Crippen LogP contribution in [-0.2, 0) is 31.3 Å². The van der Waals surface area contributed by atoms with Gasteiger partial charge in [0.25, 0.3) is 0 Å². The first-order valence-corrected chi connectivity index (χ1v) is 15.3. The Kier molecular flexibility index (Phi) is 4.99. The number of phosphoric ester groups is 1. The third-order valence-corrected chi connectivity index (χ3v) is 11.0. The second kappa shape index (κ2) is 8.05. The van der Waals surface area contributed by atoms with Crippen molar-refractivity contribution in [3.8, 4) is 22.6 Å². The number of likely N-dealkylation sites (tertiary alicyclic amines) is 1. The zero-order valence-corrected chi connectivity index (χ0v) is 23.0. The molecule has 2 aliphatic heterocycles. The molecule has 3 aromatic rings. The Morgan fingerprint density at radius 1 is 1.07 bits per heavy atom. The number of hydrogen-bond acceptors (Lipinski definition) is 7. The van der Waals surface area contributed by atoms with Crippen molar-refractivity contribution in [2.45, 2.75) is 60.8 Å². The molecule has 2 heterocycles. The number of phosphoric acid groups is 1. The number of aliphatic hydroxyl groups is 1. The van der Waals surface area contributed by atoms with E-state index in [4.69, 9.17) is 13.8 Å². The van der Waals surface area contributed by atoms with Crippen molar-refractivity contribution in [2.24, 2.45) is 0 Å². The Hall–Kier alpha value is -3.00. The van der Waals surface area contributed by atoms with E-state index >= 15 is 0 Å². The van der Waals surface area contributed by atoms with Crippen LogP contribution in [0.2, 0.25) is 0 Å². The average Bonchev–Trinajstić information content (AvgIpc) is 3.20. The largest absolute Gasteiger partial charge is 0.527 e. The summed E-state index contributed by atoms with van der Waals surface area (Å²) in [4.78, 5) is 25.7. The van der Waals surface area contributed by atoms with E-state index in [1.807, 2.05) is 31.3 Å². The van der Waals surface area contributed by atoms with Crippen molar-refractivity contribution >= 4 is 13.6 Å². The number of fused-ring (bicyclic) bond motifs is 1. The Morgan fingerprint density at radius 3 is 2.60 bits per heavy atom. The number of carbonyl (C=O) groups is 1. The maximum Gasteiger partial charge on any atom is 0.527 e. The standard InChI is InChI=1S/C31H30NO7P/c1-32-28-30(32)18-29-25-22(30)13-14-24(26(25)38-27(29)23(33)15-16-31(28,29)34)39-40(35,36)37-17-5-6-19-9-11-21(12-10-19)20-7-3-2-4-8-20/h2-4,7-14,27-28,34H,5-6,15-18H2,1H3,(H,35,36). The first-order valence-electron chi connectivity index (χ1n) is 13.9. The molecule has 3 aromatic carbocycles. The van der Waals surface area contributed by atoms with Gasteiger partial charge in [-0.3, -0.25) is 19.1 Å². The van der Waals surface area contributed by atoms with Gasteiger partial charge in [-0.05, 0) is 61.1 Å². The van der Waals surface area contributed by atoms with Gasteiger partial charge < -0.3 is 14.4 Å². The molecular weight excluding hydrogens is 529 g/mol. The fourth-order valence-corrected chi connectivity index (χ4v) is 9.24. The summed E-state index contributed by atoms with van der Waals surface area (Å²) in [5.41, 5.74) is 2.96. The highest BCUT2D eigenvalue weighted by molar-refractivity contribution is 7.47. The molecule has 8 rings (SSSR count). The maximum atomic E-state index is 13.0. The van der Waals surface area contributed by atoms with Crippen LogP contribution in [0, 0.1) is 0 Å². The van der Waals surface area contributed by atoms with Gasteiger partial charge >= 0.3 is 7.82 Å². The SMILES string of the molecule is CN1C2C13CC14c5c3ccc(OP(=O)(O)OCCCc3ccc(-c6ccccc6)cc3)c5OC1C(=O)CCC24O. The lowest BCUT2D eigenvalue weighted by molar-refractivity contribution is -0.148. The van der Waals surface area contributed by atoms with Crippen molar-refractivity contribution in [1.29, 1.82) is 0 Å². The summed E-state index contributed by atoms with van der Waals surface area (Å²) in [6.07, 6.45) is 1.67.